The lowest BCUT2D eigenvalue weighted by Crippen LogP contribution is -2.44. The second-order valence-electron chi connectivity index (χ2n) is 5.05. The van der Waals surface area contributed by atoms with Crippen molar-refractivity contribution in [3.63, 3.8) is 0 Å². The molecule has 20 heavy (non-hydrogen) atoms. The Labute approximate surface area is 126 Å². The Bertz CT molecular complexity index is 571. The average Bonchev–Trinajstić information content (AvgIpc) is 2.82. The maximum Gasteiger partial charge on any atom is 0.227 e. The van der Waals surface area contributed by atoms with Crippen molar-refractivity contribution in [2.45, 2.75) is 32.9 Å². The molecule has 2 heterocycles. The largest absolute Gasteiger partial charge is 0.475 e. The Morgan fingerprint density at radius 2 is 2.25 bits per heavy atom. The maximum absolute atomic E-state index is 5.71. The van der Waals surface area contributed by atoms with Crippen LogP contribution in [0.25, 0.3) is 0 Å². The second-order valence-corrected chi connectivity index (χ2v) is 5.90. The predicted octanol–water partition coefficient (Wildman–Crippen LogP) is 2.48. The number of aromatic nitrogens is 3. The quantitative estimate of drug-likeness (QED) is 0.870. The van der Waals surface area contributed by atoms with Crippen molar-refractivity contribution in [3.05, 3.63) is 34.5 Å². The van der Waals surface area contributed by atoms with Crippen LogP contribution < -0.4 is 10.1 Å². The smallest absolute Gasteiger partial charge is 0.227 e. The highest BCUT2D eigenvalue weighted by Crippen LogP contribution is 2.21. The molecule has 6 nitrogen and oxygen atoms in total. The van der Waals surface area contributed by atoms with Gasteiger partial charge < -0.3 is 14.6 Å². The molecule has 2 aromatic heterocycles. The van der Waals surface area contributed by atoms with Crippen molar-refractivity contribution < 1.29 is 9.26 Å². The van der Waals surface area contributed by atoms with Crippen molar-refractivity contribution in [1.29, 1.82) is 0 Å². The zero-order valence-corrected chi connectivity index (χ0v) is 13.3. The molecule has 0 saturated carbocycles. The van der Waals surface area contributed by atoms with Gasteiger partial charge >= 0.3 is 0 Å². The first kappa shape index (κ1) is 14.9. The van der Waals surface area contributed by atoms with E-state index in [1.807, 2.05) is 26.0 Å². The first-order valence-electron chi connectivity index (χ1n) is 6.24. The summed E-state index contributed by atoms with van der Waals surface area (Å²) >= 11 is 3.40. The summed E-state index contributed by atoms with van der Waals surface area (Å²) in [6, 6.07) is 3.74. The van der Waals surface area contributed by atoms with E-state index in [2.05, 4.69) is 36.4 Å². The summed E-state index contributed by atoms with van der Waals surface area (Å²) in [4.78, 5) is 8.31. The van der Waals surface area contributed by atoms with Crippen LogP contribution in [0.1, 0.15) is 25.6 Å². The van der Waals surface area contributed by atoms with E-state index in [0.717, 1.165) is 4.47 Å². The minimum Gasteiger partial charge on any atom is -0.475 e. The molecule has 108 valence electrons. The van der Waals surface area contributed by atoms with E-state index < -0.39 is 0 Å². The summed E-state index contributed by atoms with van der Waals surface area (Å²) in [5, 5.41) is 7.17. The van der Waals surface area contributed by atoms with Gasteiger partial charge in [0.05, 0.1) is 11.0 Å². The minimum atomic E-state index is -0.245. The lowest BCUT2D eigenvalue weighted by molar-refractivity contribution is 0.198. The molecule has 0 aliphatic carbocycles. The van der Waals surface area contributed by atoms with Crippen molar-refractivity contribution in [1.82, 2.24) is 20.4 Å². The number of rotatable bonds is 6. The van der Waals surface area contributed by atoms with Gasteiger partial charge in [0.15, 0.2) is 5.82 Å². The van der Waals surface area contributed by atoms with Crippen molar-refractivity contribution in [2.75, 3.05) is 6.61 Å². The molecule has 0 amide bonds. The third-order valence-corrected chi connectivity index (χ3v) is 3.19. The third kappa shape index (κ3) is 4.28. The molecule has 0 spiro atoms. The van der Waals surface area contributed by atoms with E-state index in [9.17, 15) is 0 Å². The molecule has 0 aliphatic heterocycles. The average molecular weight is 341 g/mol. The predicted molar refractivity (Wildman–Crippen MR) is 77.4 cm³/mol. The molecule has 0 atom stereocenters. The van der Waals surface area contributed by atoms with E-state index in [1.165, 1.54) is 0 Å². The van der Waals surface area contributed by atoms with E-state index >= 15 is 0 Å². The Kier molecular flexibility index (Phi) is 4.72. The van der Waals surface area contributed by atoms with Gasteiger partial charge in [-0.3, -0.25) is 0 Å². The van der Waals surface area contributed by atoms with Crippen LogP contribution in [0.15, 0.2) is 27.3 Å². The summed E-state index contributed by atoms with van der Waals surface area (Å²) in [7, 11) is 0. The second kappa shape index (κ2) is 6.32. The summed E-state index contributed by atoms with van der Waals surface area (Å²) in [5.41, 5.74) is -0.245. The number of pyridine rings is 1. The molecule has 0 unspecified atom stereocenters. The van der Waals surface area contributed by atoms with Crippen LogP contribution in [0.5, 0.6) is 5.88 Å². The monoisotopic (exact) mass is 340 g/mol. The topological polar surface area (TPSA) is 73.1 Å². The number of halogens is 1. The number of hydrogen-bond acceptors (Lipinski definition) is 6. The van der Waals surface area contributed by atoms with Gasteiger partial charge in [0.2, 0.25) is 11.8 Å². The molecule has 2 rings (SSSR count). The lowest BCUT2D eigenvalue weighted by atomic mass is 10.1. The number of nitrogens with zero attached hydrogens (tertiary/aromatic N) is 3. The van der Waals surface area contributed by atoms with Crippen LogP contribution in [-0.2, 0) is 6.54 Å². The molecular formula is C13H17BrN4O2. The van der Waals surface area contributed by atoms with Gasteiger partial charge in [0.25, 0.3) is 0 Å². The SMILES string of the molecule is Cc1nc(CNC(C)(C)COc2ncccc2Br)no1. The van der Waals surface area contributed by atoms with Crippen molar-refractivity contribution in [3.8, 4) is 5.88 Å². The number of ether oxygens (including phenoxy) is 1. The zero-order valence-electron chi connectivity index (χ0n) is 11.7. The number of nitrogens with one attached hydrogen (secondary N) is 1. The molecule has 0 saturated heterocycles. The van der Waals surface area contributed by atoms with E-state index in [-0.39, 0.29) is 5.54 Å². The summed E-state index contributed by atoms with van der Waals surface area (Å²) < 4.78 is 11.5. The molecule has 0 radical (unpaired) electrons. The Morgan fingerprint density at radius 1 is 1.45 bits per heavy atom. The van der Waals surface area contributed by atoms with E-state index in [0.29, 0.717) is 30.7 Å². The van der Waals surface area contributed by atoms with Crippen molar-refractivity contribution >= 4 is 15.9 Å². The van der Waals surface area contributed by atoms with Gasteiger partial charge in [-0.15, -0.1) is 0 Å². The van der Waals surface area contributed by atoms with Gasteiger partial charge in [-0.2, -0.15) is 4.98 Å². The van der Waals surface area contributed by atoms with Crippen LogP contribution in [0.3, 0.4) is 0 Å². The normalized spacial score (nSPS) is 11.6. The maximum atomic E-state index is 5.71. The Morgan fingerprint density at radius 3 is 2.90 bits per heavy atom. The standard InChI is InChI=1S/C13H17BrN4O2/c1-9-17-11(18-20-9)7-16-13(2,3)8-19-12-10(14)5-4-6-15-12/h4-6,16H,7-8H2,1-3H3. The summed E-state index contributed by atoms with van der Waals surface area (Å²) in [6.45, 7) is 6.84. The third-order valence-electron chi connectivity index (χ3n) is 2.59. The molecule has 0 bridgehead atoms. The van der Waals surface area contributed by atoms with Crippen LogP contribution in [0.2, 0.25) is 0 Å². The summed E-state index contributed by atoms with van der Waals surface area (Å²) in [5.74, 6) is 1.78. The van der Waals surface area contributed by atoms with Crippen LogP contribution in [0, 0.1) is 6.92 Å². The van der Waals surface area contributed by atoms with E-state index in [4.69, 9.17) is 9.26 Å². The fourth-order valence-corrected chi connectivity index (χ4v) is 1.88. The van der Waals surface area contributed by atoms with Gasteiger partial charge in [0, 0.05) is 18.7 Å². The van der Waals surface area contributed by atoms with Gasteiger partial charge in [-0.25, -0.2) is 4.98 Å². The van der Waals surface area contributed by atoms with Gasteiger partial charge in [0.1, 0.15) is 6.61 Å². The first-order valence-corrected chi connectivity index (χ1v) is 7.03. The van der Waals surface area contributed by atoms with Crippen LogP contribution in [-0.4, -0.2) is 27.3 Å². The lowest BCUT2D eigenvalue weighted by Gasteiger charge is -2.25. The van der Waals surface area contributed by atoms with Gasteiger partial charge in [-0.05, 0) is 41.9 Å². The molecule has 7 heteroatoms. The number of hydrogen-bond donors (Lipinski definition) is 1. The highest BCUT2D eigenvalue weighted by atomic mass is 79.9. The molecule has 0 aromatic carbocycles. The molecule has 0 fully saturated rings. The Balaban J connectivity index is 1.86. The molecular weight excluding hydrogens is 324 g/mol. The zero-order chi connectivity index (χ0) is 14.6. The number of aryl methyl sites for hydroxylation is 1. The van der Waals surface area contributed by atoms with Gasteiger partial charge in [-0.1, -0.05) is 5.16 Å². The molecule has 1 N–H and O–H groups in total. The minimum absolute atomic E-state index is 0.245. The van der Waals surface area contributed by atoms with E-state index in [1.54, 1.807) is 13.1 Å². The molecule has 2 aromatic rings. The fraction of sp³-hybridized carbons (Fsp3) is 0.462. The summed E-state index contributed by atoms with van der Waals surface area (Å²) in [6.07, 6.45) is 1.70. The van der Waals surface area contributed by atoms with Crippen LogP contribution in [0.4, 0.5) is 0 Å². The Hall–Kier alpha value is -1.47. The fourth-order valence-electron chi connectivity index (χ4n) is 1.51. The molecule has 0 aliphatic rings. The first-order chi connectivity index (χ1) is 9.46. The van der Waals surface area contributed by atoms with Crippen LogP contribution >= 0.6 is 15.9 Å². The highest BCUT2D eigenvalue weighted by molar-refractivity contribution is 9.10. The highest BCUT2D eigenvalue weighted by Gasteiger charge is 2.20. The van der Waals surface area contributed by atoms with Crippen molar-refractivity contribution in [2.24, 2.45) is 0 Å².